The Morgan fingerprint density at radius 3 is 2.38 bits per heavy atom. The maximum absolute atomic E-state index is 9.53. The number of ether oxygens (including phenoxy) is 3. The minimum absolute atomic E-state index is 0.416. The lowest BCUT2D eigenvalue weighted by molar-refractivity contribution is 0.196. The van der Waals surface area contributed by atoms with Crippen molar-refractivity contribution in [2.24, 2.45) is 0 Å². The first-order valence-corrected chi connectivity index (χ1v) is 6.87. The van der Waals surface area contributed by atoms with Crippen LogP contribution in [0.5, 0.6) is 17.2 Å². The van der Waals surface area contributed by atoms with E-state index in [0.717, 1.165) is 11.3 Å². The fourth-order valence-corrected chi connectivity index (χ4v) is 1.91. The Morgan fingerprint density at radius 1 is 0.952 bits per heavy atom. The van der Waals surface area contributed by atoms with Crippen LogP contribution in [0.3, 0.4) is 0 Å². The molecular weight excluding hydrogens is 268 g/mol. The second kappa shape index (κ2) is 7.55. The SMILES string of the molecule is COc1ccccc1OCCOc1cccc([C@@H](C)O)c1. The zero-order valence-electron chi connectivity index (χ0n) is 12.3. The number of para-hydroxylation sites is 2. The molecule has 0 aliphatic rings. The Morgan fingerprint density at radius 2 is 1.67 bits per heavy atom. The van der Waals surface area contributed by atoms with E-state index >= 15 is 0 Å². The van der Waals surface area contributed by atoms with Gasteiger partial charge in [-0.25, -0.2) is 0 Å². The summed E-state index contributed by atoms with van der Waals surface area (Å²) in [6, 6.07) is 14.9. The standard InChI is InChI=1S/C17H20O4/c1-13(18)14-6-5-7-15(12-14)20-10-11-21-17-9-4-3-8-16(17)19-2/h3-9,12-13,18H,10-11H2,1-2H3/t13-/m1/s1. The van der Waals surface area contributed by atoms with E-state index in [1.807, 2.05) is 48.5 Å². The average Bonchev–Trinajstić information content (AvgIpc) is 2.52. The molecule has 0 radical (unpaired) electrons. The van der Waals surface area contributed by atoms with Gasteiger partial charge in [0.15, 0.2) is 11.5 Å². The van der Waals surface area contributed by atoms with E-state index in [-0.39, 0.29) is 0 Å². The molecule has 0 unspecified atom stereocenters. The second-order valence-corrected chi connectivity index (χ2v) is 4.60. The molecule has 2 aromatic rings. The quantitative estimate of drug-likeness (QED) is 0.795. The molecule has 4 heteroatoms. The lowest BCUT2D eigenvalue weighted by atomic mass is 10.1. The average molecular weight is 288 g/mol. The number of hydrogen-bond acceptors (Lipinski definition) is 4. The summed E-state index contributed by atoms with van der Waals surface area (Å²) in [5.74, 6) is 2.12. The van der Waals surface area contributed by atoms with Crippen molar-refractivity contribution in [3.8, 4) is 17.2 Å². The molecule has 112 valence electrons. The first-order chi connectivity index (χ1) is 10.2. The van der Waals surface area contributed by atoms with E-state index in [2.05, 4.69) is 0 Å². The van der Waals surface area contributed by atoms with Crippen LogP contribution in [0, 0.1) is 0 Å². The molecule has 4 nitrogen and oxygen atoms in total. The van der Waals surface area contributed by atoms with Gasteiger partial charge in [-0.2, -0.15) is 0 Å². The minimum Gasteiger partial charge on any atom is -0.493 e. The van der Waals surface area contributed by atoms with Crippen molar-refractivity contribution in [1.29, 1.82) is 0 Å². The number of aliphatic hydroxyl groups is 1. The van der Waals surface area contributed by atoms with Crippen molar-refractivity contribution in [2.45, 2.75) is 13.0 Å². The lowest BCUT2D eigenvalue weighted by Crippen LogP contribution is -2.09. The molecule has 0 amide bonds. The van der Waals surface area contributed by atoms with Gasteiger partial charge in [0.2, 0.25) is 0 Å². The first kappa shape index (κ1) is 15.2. The number of hydrogen-bond donors (Lipinski definition) is 1. The number of methoxy groups -OCH3 is 1. The molecule has 0 heterocycles. The summed E-state index contributed by atoms with van der Waals surface area (Å²) in [6.45, 7) is 2.56. The Balaban J connectivity index is 1.83. The normalized spacial score (nSPS) is 11.8. The summed E-state index contributed by atoms with van der Waals surface area (Å²) in [5, 5.41) is 9.53. The van der Waals surface area contributed by atoms with Crippen LogP contribution in [0.4, 0.5) is 0 Å². The predicted molar refractivity (Wildman–Crippen MR) is 81.1 cm³/mol. The molecule has 2 aromatic carbocycles. The molecule has 0 spiro atoms. The minimum atomic E-state index is -0.502. The third-order valence-corrected chi connectivity index (χ3v) is 3.02. The maximum Gasteiger partial charge on any atom is 0.161 e. The molecule has 0 fully saturated rings. The molecule has 0 bridgehead atoms. The Labute approximate surface area is 124 Å². The number of aliphatic hydroxyl groups excluding tert-OH is 1. The molecule has 21 heavy (non-hydrogen) atoms. The lowest BCUT2D eigenvalue weighted by Gasteiger charge is -2.12. The highest BCUT2D eigenvalue weighted by atomic mass is 16.5. The molecule has 2 rings (SSSR count). The van der Waals surface area contributed by atoms with Crippen molar-refractivity contribution >= 4 is 0 Å². The van der Waals surface area contributed by atoms with Gasteiger partial charge in [-0.1, -0.05) is 24.3 Å². The maximum atomic E-state index is 9.53. The molecule has 0 aromatic heterocycles. The zero-order chi connectivity index (χ0) is 15.1. The van der Waals surface area contributed by atoms with E-state index in [1.54, 1.807) is 14.0 Å². The van der Waals surface area contributed by atoms with Gasteiger partial charge in [-0.05, 0) is 36.8 Å². The molecular formula is C17H20O4. The highest BCUT2D eigenvalue weighted by Crippen LogP contribution is 2.25. The van der Waals surface area contributed by atoms with Crippen molar-refractivity contribution in [3.05, 3.63) is 54.1 Å². The predicted octanol–water partition coefficient (Wildman–Crippen LogP) is 3.21. The Bertz CT molecular complexity index is 566. The van der Waals surface area contributed by atoms with E-state index in [4.69, 9.17) is 14.2 Å². The van der Waals surface area contributed by atoms with Crippen LogP contribution in [-0.4, -0.2) is 25.4 Å². The summed E-state index contributed by atoms with van der Waals surface area (Å²) in [5.41, 5.74) is 0.832. The molecule has 0 saturated heterocycles. The van der Waals surface area contributed by atoms with Gasteiger partial charge in [0.25, 0.3) is 0 Å². The van der Waals surface area contributed by atoms with Crippen LogP contribution >= 0.6 is 0 Å². The third-order valence-electron chi connectivity index (χ3n) is 3.02. The molecule has 0 saturated carbocycles. The van der Waals surface area contributed by atoms with Crippen LogP contribution in [-0.2, 0) is 0 Å². The topological polar surface area (TPSA) is 47.9 Å². The van der Waals surface area contributed by atoms with Gasteiger partial charge in [-0.3, -0.25) is 0 Å². The fourth-order valence-electron chi connectivity index (χ4n) is 1.91. The zero-order valence-corrected chi connectivity index (χ0v) is 12.3. The van der Waals surface area contributed by atoms with Crippen molar-refractivity contribution < 1.29 is 19.3 Å². The van der Waals surface area contributed by atoms with Crippen LogP contribution in [0.15, 0.2) is 48.5 Å². The van der Waals surface area contributed by atoms with Crippen molar-refractivity contribution in [2.75, 3.05) is 20.3 Å². The summed E-state index contributed by atoms with van der Waals surface area (Å²) in [6.07, 6.45) is -0.502. The second-order valence-electron chi connectivity index (χ2n) is 4.60. The van der Waals surface area contributed by atoms with Gasteiger partial charge in [0.1, 0.15) is 19.0 Å². The highest BCUT2D eigenvalue weighted by Gasteiger charge is 2.04. The van der Waals surface area contributed by atoms with Crippen molar-refractivity contribution in [1.82, 2.24) is 0 Å². The largest absolute Gasteiger partial charge is 0.493 e. The summed E-state index contributed by atoms with van der Waals surface area (Å²) >= 11 is 0. The summed E-state index contributed by atoms with van der Waals surface area (Å²) in [7, 11) is 1.61. The van der Waals surface area contributed by atoms with E-state index < -0.39 is 6.10 Å². The molecule has 0 aliphatic carbocycles. The van der Waals surface area contributed by atoms with Gasteiger partial charge >= 0.3 is 0 Å². The van der Waals surface area contributed by atoms with Crippen molar-refractivity contribution in [3.63, 3.8) is 0 Å². The van der Waals surface area contributed by atoms with Crippen LogP contribution in [0.2, 0.25) is 0 Å². The monoisotopic (exact) mass is 288 g/mol. The van der Waals surface area contributed by atoms with Gasteiger partial charge in [-0.15, -0.1) is 0 Å². The summed E-state index contributed by atoms with van der Waals surface area (Å²) in [4.78, 5) is 0. The molecule has 1 N–H and O–H groups in total. The van der Waals surface area contributed by atoms with E-state index in [1.165, 1.54) is 0 Å². The highest BCUT2D eigenvalue weighted by molar-refractivity contribution is 5.39. The van der Waals surface area contributed by atoms with Crippen LogP contribution in [0.25, 0.3) is 0 Å². The van der Waals surface area contributed by atoms with E-state index in [0.29, 0.717) is 24.7 Å². The molecule has 0 aliphatic heterocycles. The Hall–Kier alpha value is -2.20. The molecule has 1 atom stereocenters. The van der Waals surface area contributed by atoms with Gasteiger partial charge in [0.05, 0.1) is 13.2 Å². The third kappa shape index (κ3) is 4.39. The van der Waals surface area contributed by atoms with E-state index in [9.17, 15) is 5.11 Å². The van der Waals surface area contributed by atoms with Gasteiger partial charge < -0.3 is 19.3 Å². The number of rotatable bonds is 7. The fraction of sp³-hybridized carbons (Fsp3) is 0.294. The van der Waals surface area contributed by atoms with Crippen LogP contribution in [0.1, 0.15) is 18.6 Å². The number of benzene rings is 2. The van der Waals surface area contributed by atoms with Crippen LogP contribution < -0.4 is 14.2 Å². The first-order valence-electron chi connectivity index (χ1n) is 6.87. The Kier molecular flexibility index (Phi) is 5.46. The summed E-state index contributed by atoms with van der Waals surface area (Å²) < 4.78 is 16.5. The van der Waals surface area contributed by atoms with Gasteiger partial charge in [0, 0.05) is 0 Å². The smallest absolute Gasteiger partial charge is 0.161 e.